The van der Waals surface area contributed by atoms with Crippen LogP contribution in [0.4, 0.5) is 0 Å². The van der Waals surface area contributed by atoms with Crippen molar-refractivity contribution in [2.24, 2.45) is 23.7 Å². The zero-order chi connectivity index (χ0) is 12.3. The number of aliphatic hydroxyl groups is 1. The predicted molar refractivity (Wildman–Crippen MR) is 70.4 cm³/mol. The van der Waals surface area contributed by atoms with Gasteiger partial charge < -0.3 is 5.11 Å². The summed E-state index contributed by atoms with van der Waals surface area (Å²) in [6, 6.07) is 0. The average molecular weight is 226 g/mol. The van der Waals surface area contributed by atoms with E-state index in [1.54, 1.807) is 0 Å². The van der Waals surface area contributed by atoms with Gasteiger partial charge >= 0.3 is 0 Å². The Kier molecular flexibility index (Phi) is 4.85. The topological polar surface area (TPSA) is 20.2 Å². The van der Waals surface area contributed by atoms with E-state index >= 15 is 0 Å². The summed E-state index contributed by atoms with van der Waals surface area (Å²) in [4.78, 5) is 0. The van der Waals surface area contributed by atoms with E-state index in [9.17, 15) is 5.11 Å². The van der Waals surface area contributed by atoms with E-state index < -0.39 is 5.60 Å². The molecule has 0 aliphatic heterocycles. The molecule has 0 aromatic carbocycles. The Hall–Kier alpha value is -0.0400. The summed E-state index contributed by atoms with van der Waals surface area (Å²) in [5.74, 6) is 3.43. The fraction of sp³-hybridized carbons (Fsp3) is 1.00. The molecule has 1 nitrogen and oxygen atoms in total. The molecule has 1 N–H and O–H groups in total. The first-order valence-electron chi connectivity index (χ1n) is 7.02. The van der Waals surface area contributed by atoms with Gasteiger partial charge in [-0.3, -0.25) is 0 Å². The molecule has 0 heterocycles. The molecular weight excluding hydrogens is 196 g/mol. The van der Waals surface area contributed by atoms with Gasteiger partial charge in [0.2, 0.25) is 0 Å². The molecule has 3 atom stereocenters. The Morgan fingerprint density at radius 3 is 2.38 bits per heavy atom. The van der Waals surface area contributed by atoms with Crippen LogP contribution in [0.3, 0.4) is 0 Å². The highest BCUT2D eigenvalue weighted by molar-refractivity contribution is 4.82. The third-order valence-electron chi connectivity index (χ3n) is 4.29. The molecule has 0 saturated heterocycles. The molecule has 96 valence electrons. The standard InChI is InChI=1S/C15H30O/c1-11(2)14-7-6-12(3)10-13(14)8-9-15(4,5)16/h11-14,16H,6-10H2,1-5H3. The summed E-state index contributed by atoms with van der Waals surface area (Å²) in [7, 11) is 0. The van der Waals surface area contributed by atoms with Crippen LogP contribution in [-0.2, 0) is 0 Å². The molecule has 0 bridgehead atoms. The minimum atomic E-state index is -0.484. The van der Waals surface area contributed by atoms with Gasteiger partial charge in [0.1, 0.15) is 0 Å². The Morgan fingerprint density at radius 2 is 1.88 bits per heavy atom. The van der Waals surface area contributed by atoms with Crippen molar-refractivity contribution in [2.45, 2.75) is 72.3 Å². The first kappa shape index (κ1) is 14.0. The van der Waals surface area contributed by atoms with Gasteiger partial charge in [0, 0.05) is 0 Å². The third-order valence-corrected chi connectivity index (χ3v) is 4.29. The molecule has 1 fully saturated rings. The molecule has 1 saturated carbocycles. The second kappa shape index (κ2) is 5.53. The van der Waals surface area contributed by atoms with Gasteiger partial charge in [-0.1, -0.05) is 27.2 Å². The van der Waals surface area contributed by atoms with Gasteiger partial charge in [0.05, 0.1) is 5.60 Å². The summed E-state index contributed by atoms with van der Waals surface area (Å²) in [5.41, 5.74) is -0.484. The SMILES string of the molecule is CC1CCC(C(C)C)C(CCC(C)(C)O)C1. The van der Waals surface area contributed by atoms with Crippen LogP contribution in [0.1, 0.15) is 66.7 Å². The molecule has 0 amide bonds. The molecule has 16 heavy (non-hydrogen) atoms. The molecule has 3 unspecified atom stereocenters. The van der Waals surface area contributed by atoms with Crippen LogP contribution < -0.4 is 0 Å². The minimum absolute atomic E-state index is 0.484. The summed E-state index contributed by atoms with van der Waals surface area (Å²) < 4.78 is 0. The number of hydrogen-bond acceptors (Lipinski definition) is 1. The monoisotopic (exact) mass is 226 g/mol. The van der Waals surface area contributed by atoms with Crippen molar-refractivity contribution in [2.75, 3.05) is 0 Å². The van der Waals surface area contributed by atoms with Gasteiger partial charge in [-0.2, -0.15) is 0 Å². The van der Waals surface area contributed by atoms with Crippen LogP contribution in [-0.4, -0.2) is 10.7 Å². The van der Waals surface area contributed by atoms with Gasteiger partial charge in [-0.05, 0) is 63.2 Å². The Morgan fingerprint density at radius 1 is 1.25 bits per heavy atom. The average Bonchev–Trinajstić information content (AvgIpc) is 2.13. The lowest BCUT2D eigenvalue weighted by Gasteiger charge is -2.38. The van der Waals surface area contributed by atoms with Gasteiger partial charge in [-0.25, -0.2) is 0 Å². The maximum Gasteiger partial charge on any atom is 0.0591 e. The molecule has 0 aromatic heterocycles. The second-order valence-electron chi connectivity index (χ2n) is 6.94. The minimum Gasteiger partial charge on any atom is -0.390 e. The van der Waals surface area contributed by atoms with Gasteiger partial charge in [0.25, 0.3) is 0 Å². The molecule has 1 heteroatoms. The van der Waals surface area contributed by atoms with E-state index in [2.05, 4.69) is 20.8 Å². The summed E-state index contributed by atoms with van der Waals surface area (Å²) in [6.45, 7) is 11.0. The first-order valence-corrected chi connectivity index (χ1v) is 7.02. The normalized spacial score (nSPS) is 32.1. The van der Waals surface area contributed by atoms with Crippen molar-refractivity contribution in [3.05, 3.63) is 0 Å². The highest BCUT2D eigenvalue weighted by Gasteiger charge is 2.31. The van der Waals surface area contributed by atoms with Crippen molar-refractivity contribution in [1.29, 1.82) is 0 Å². The number of hydrogen-bond donors (Lipinski definition) is 1. The molecule has 0 radical (unpaired) electrons. The van der Waals surface area contributed by atoms with E-state index in [0.717, 1.165) is 30.1 Å². The van der Waals surface area contributed by atoms with Crippen LogP contribution in [0.15, 0.2) is 0 Å². The van der Waals surface area contributed by atoms with Crippen LogP contribution >= 0.6 is 0 Å². The third kappa shape index (κ3) is 4.45. The summed E-state index contributed by atoms with van der Waals surface area (Å²) in [6.07, 6.45) is 6.33. The van der Waals surface area contributed by atoms with Gasteiger partial charge in [0.15, 0.2) is 0 Å². The first-order chi connectivity index (χ1) is 7.29. The zero-order valence-electron chi connectivity index (χ0n) is 11.8. The van der Waals surface area contributed by atoms with Crippen molar-refractivity contribution < 1.29 is 5.11 Å². The van der Waals surface area contributed by atoms with E-state index in [-0.39, 0.29) is 0 Å². The number of rotatable bonds is 4. The molecular formula is C15H30O. The Balaban J connectivity index is 2.51. The highest BCUT2D eigenvalue weighted by atomic mass is 16.3. The highest BCUT2D eigenvalue weighted by Crippen LogP contribution is 2.40. The van der Waals surface area contributed by atoms with Crippen LogP contribution in [0.2, 0.25) is 0 Å². The van der Waals surface area contributed by atoms with Crippen molar-refractivity contribution >= 4 is 0 Å². The van der Waals surface area contributed by atoms with Crippen molar-refractivity contribution in [1.82, 2.24) is 0 Å². The molecule has 1 aliphatic carbocycles. The van der Waals surface area contributed by atoms with Crippen LogP contribution in [0, 0.1) is 23.7 Å². The fourth-order valence-electron chi connectivity index (χ4n) is 3.27. The lowest BCUT2D eigenvalue weighted by Crippen LogP contribution is -2.30. The Labute approximate surface area is 102 Å². The van der Waals surface area contributed by atoms with Gasteiger partial charge in [-0.15, -0.1) is 0 Å². The lowest BCUT2D eigenvalue weighted by atomic mass is 9.68. The van der Waals surface area contributed by atoms with Crippen molar-refractivity contribution in [3.63, 3.8) is 0 Å². The van der Waals surface area contributed by atoms with Crippen LogP contribution in [0.5, 0.6) is 0 Å². The maximum atomic E-state index is 9.84. The molecule has 0 aromatic rings. The fourth-order valence-corrected chi connectivity index (χ4v) is 3.27. The Bertz CT molecular complexity index is 202. The predicted octanol–water partition coefficient (Wildman–Crippen LogP) is 4.25. The molecule has 1 rings (SSSR count). The smallest absolute Gasteiger partial charge is 0.0591 e. The molecule has 1 aliphatic rings. The quantitative estimate of drug-likeness (QED) is 0.760. The lowest BCUT2D eigenvalue weighted by molar-refractivity contribution is 0.0469. The summed E-state index contributed by atoms with van der Waals surface area (Å²) in [5, 5.41) is 9.84. The van der Waals surface area contributed by atoms with E-state index in [4.69, 9.17) is 0 Å². The maximum absolute atomic E-state index is 9.84. The van der Waals surface area contributed by atoms with Crippen LogP contribution in [0.25, 0.3) is 0 Å². The van der Waals surface area contributed by atoms with E-state index in [0.29, 0.717) is 0 Å². The summed E-state index contributed by atoms with van der Waals surface area (Å²) >= 11 is 0. The van der Waals surface area contributed by atoms with E-state index in [1.807, 2.05) is 13.8 Å². The molecule has 0 spiro atoms. The van der Waals surface area contributed by atoms with E-state index in [1.165, 1.54) is 25.7 Å². The zero-order valence-corrected chi connectivity index (χ0v) is 11.8. The second-order valence-corrected chi connectivity index (χ2v) is 6.94. The van der Waals surface area contributed by atoms with Crippen molar-refractivity contribution in [3.8, 4) is 0 Å². The largest absolute Gasteiger partial charge is 0.390 e.